The molecule has 0 unspecified atom stereocenters. The zero-order valence-electron chi connectivity index (χ0n) is 10.1. The lowest BCUT2D eigenvalue weighted by atomic mass is 9.75. The molecule has 1 aliphatic carbocycles. The van der Waals surface area contributed by atoms with E-state index in [0.717, 1.165) is 12.1 Å². The third-order valence-electron chi connectivity index (χ3n) is 3.95. The summed E-state index contributed by atoms with van der Waals surface area (Å²) >= 11 is 0. The monoisotopic (exact) mass is 221 g/mol. The van der Waals surface area contributed by atoms with Crippen molar-refractivity contribution in [2.75, 3.05) is 0 Å². The molecular weight excluding hydrogens is 201 g/mol. The molecule has 0 heterocycles. The number of rotatable bonds is 4. The van der Waals surface area contributed by atoms with E-state index < -0.39 is 0 Å². The maximum absolute atomic E-state index is 13.1. The summed E-state index contributed by atoms with van der Waals surface area (Å²) < 4.78 is 13.1. The van der Waals surface area contributed by atoms with Gasteiger partial charge in [0.1, 0.15) is 5.82 Å². The number of nitrogens with one attached hydrogen (secondary N) is 1. The van der Waals surface area contributed by atoms with Gasteiger partial charge in [0.05, 0.1) is 0 Å². The van der Waals surface area contributed by atoms with Gasteiger partial charge < -0.3 is 5.32 Å². The van der Waals surface area contributed by atoms with Crippen molar-refractivity contribution >= 4 is 0 Å². The summed E-state index contributed by atoms with van der Waals surface area (Å²) in [6.07, 6.45) is 5.01. The van der Waals surface area contributed by atoms with E-state index in [-0.39, 0.29) is 5.82 Å². The summed E-state index contributed by atoms with van der Waals surface area (Å²) in [6, 6.07) is 5.02. The van der Waals surface area contributed by atoms with E-state index in [4.69, 9.17) is 0 Å². The molecule has 1 fully saturated rings. The minimum Gasteiger partial charge on any atom is -0.307 e. The van der Waals surface area contributed by atoms with Crippen molar-refractivity contribution in [3.05, 3.63) is 35.1 Å². The highest BCUT2D eigenvalue weighted by atomic mass is 19.1. The third kappa shape index (κ3) is 2.27. The van der Waals surface area contributed by atoms with Crippen molar-refractivity contribution in [1.29, 1.82) is 0 Å². The Balaban J connectivity index is 2.01. The Kier molecular flexibility index (Phi) is 3.29. The zero-order chi connectivity index (χ0) is 11.6. The molecule has 2 heteroatoms. The quantitative estimate of drug-likeness (QED) is 0.819. The van der Waals surface area contributed by atoms with Gasteiger partial charge in [0.15, 0.2) is 0 Å². The first-order chi connectivity index (χ1) is 7.65. The van der Waals surface area contributed by atoms with Gasteiger partial charge >= 0.3 is 0 Å². The molecule has 1 aromatic carbocycles. The molecule has 0 aliphatic heterocycles. The first kappa shape index (κ1) is 11.6. The SMILES string of the molecule is CCC1(NCc2cc(F)ccc2C)CCC1. The van der Waals surface area contributed by atoms with Crippen molar-refractivity contribution in [3.8, 4) is 0 Å². The second-order valence-corrected chi connectivity index (χ2v) is 4.91. The molecule has 88 valence electrons. The molecule has 2 rings (SSSR count). The number of hydrogen-bond acceptors (Lipinski definition) is 1. The van der Waals surface area contributed by atoms with Crippen LogP contribution in [0.15, 0.2) is 18.2 Å². The Bertz CT molecular complexity index is 363. The van der Waals surface area contributed by atoms with Crippen LogP contribution >= 0.6 is 0 Å². The molecule has 0 saturated heterocycles. The summed E-state index contributed by atoms with van der Waals surface area (Å²) in [5, 5.41) is 3.60. The van der Waals surface area contributed by atoms with Crippen molar-refractivity contribution in [2.45, 2.75) is 51.6 Å². The van der Waals surface area contributed by atoms with Crippen LogP contribution in [-0.4, -0.2) is 5.54 Å². The van der Waals surface area contributed by atoms with Crippen molar-refractivity contribution < 1.29 is 4.39 Å². The van der Waals surface area contributed by atoms with Crippen LogP contribution in [0.5, 0.6) is 0 Å². The number of benzene rings is 1. The van der Waals surface area contributed by atoms with Gasteiger partial charge in [-0.1, -0.05) is 13.0 Å². The number of hydrogen-bond donors (Lipinski definition) is 1. The fourth-order valence-corrected chi connectivity index (χ4v) is 2.37. The molecule has 0 aromatic heterocycles. The second-order valence-electron chi connectivity index (χ2n) is 4.91. The van der Waals surface area contributed by atoms with E-state index in [9.17, 15) is 4.39 Å². The normalized spacial score (nSPS) is 18.2. The Hall–Kier alpha value is -0.890. The van der Waals surface area contributed by atoms with E-state index in [1.165, 1.54) is 37.3 Å². The van der Waals surface area contributed by atoms with Crippen LogP contribution in [0.25, 0.3) is 0 Å². The number of halogens is 1. The Morgan fingerprint density at radius 1 is 1.38 bits per heavy atom. The number of aryl methyl sites for hydroxylation is 1. The smallest absolute Gasteiger partial charge is 0.123 e. The predicted octanol–water partition coefficient (Wildman–Crippen LogP) is 3.56. The first-order valence-corrected chi connectivity index (χ1v) is 6.15. The minimum absolute atomic E-state index is 0.137. The summed E-state index contributed by atoms with van der Waals surface area (Å²) in [5.74, 6) is -0.137. The molecule has 1 aromatic rings. The van der Waals surface area contributed by atoms with E-state index in [1.807, 2.05) is 13.0 Å². The lowest BCUT2D eigenvalue weighted by Gasteiger charge is -2.42. The van der Waals surface area contributed by atoms with Gasteiger partial charge in [-0.2, -0.15) is 0 Å². The molecule has 0 atom stereocenters. The average molecular weight is 221 g/mol. The maximum atomic E-state index is 13.1. The second kappa shape index (κ2) is 4.54. The molecule has 16 heavy (non-hydrogen) atoms. The van der Waals surface area contributed by atoms with Gasteiger partial charge in [-0.15, -0.1) is 0 Å². The van der Waals surface area contributed by atoms with Gasteiger partial charge in [0, 0.05) is 12.1 Å². The van der Waals surface area contributed by atoms with E-state index in [0.29, 0.717) is 5.54 Å². The lowest BCUT2D eigenvalue weighted by molar-refractivity contribution is 0.175. The summed E-state index contributed by atoms with van der Waals surface area (Å²) in [6.45, 7) is 5.05. The predicted molar refractivity (Wildman–Crippen MR) is 64.8 cm³/mol. The highest BCUT2D eigenvalue weighted by Gasteiger charge is 2.34. The molecular formula is C14H20FN. The van der Waals surface area contributed by atoms with Gasteiger partial charge in [0.2, 0.25) is 0 Å². The van der Waals surface area contributed by atoms with Crippen LogP contribution in [0.2, 0.25) is 0 Å². The van der Waals surface area contributed by atoms with Gasteiger partial charge in [-0.05, 0) is 55.9 Å². The standard InChI is InChI=1S/C14H20FN/c1-3-14(7-4-8-14)16-10-12-9-13(15)6-5-11(12)2/h5-6,9,16H,3-4,7-8,10H2,1-2H3. The summed E-state index contributed by atoms with van der Waals surface area (Å²) in [4.78, 5) is 0. The fraction of sp³-hybridized carbons (Fsp3) is 0.571. The average Bonchev–Trinajstić information content (AvgIpc) is 2.22. The molecule has 1 saturated carbocycles. The Labute approximate surface area is 97.1 Å². The van der Waals surface area contributed by atoms with Crippen molar-refractivity contribution in [3.63, 3.8) is 0 Å². The highest BCUT2D eigenvalue weighted by molar-refractivity contribution is 5.26. The minimum atomic E-state index is -0.137. The molecule has 1 N–H and O–H groups in total. The van der Waals surface area contributed by atoms with Crippen LogP contribution in [0.1, 0.15) is 43.7 Å². The van der Waals surface area contributed by atoms with Crippen molar-refractivity contribution in [2.24, 2.45) is 0 Å². The van der Waals surface area contributed by atoms with Gasteiger partial charge in [0.25, 0.3) is 0 Å². The largest absolute Gasteiger partial charge is 0.307 e. The van der Waals surface area contributed by atoms with E-state index in [2.05, 4.69) is 12.2 Å². The molecule has 0 bridgehead atoms. The van der Waals surface area contributed by atoms with Gasteiger partial charge in [-0.25, -0.2) is 4.39 Å². The molecule has 0 spiro atoms. The molecule has 1 nitrogen and oxygen atoms in total. The van der Waals surface area contributed by atoms with Gasteiger partial charge in [-0.3, -0.25) is 0 Å². The highest BCUT2D eigenvalue weighted by Crippen LogP contribution is 2.34. The zero-order valence-corrected chi connectivity index (χ0v) is 10.1. The first-order valence-electron chi connectivity index (χ1n) is 6.15. The van der Waals surface area contributed by atoms with Crippen LogP contribution in [-0.2, 0) is 6.54 Å². The van der Waals surface area contributed by atoms with Crippen LogP contribution in [0.3, 0.4) is 0 Å². The van der Waals surface area contributed by atoms with Crippen LogP contribution in [0.4, 0.5) is 4.39 Å². The Morgan fingerprint density at radius 3 is 2.69 bits per heavy atom. The van der Waals surface area contributed by atoms with E-state index >= 15 is 0 Å². The van der Waals surface area contributed by atoms with Crippen LogP contribution < -0.4 is 5.32 Å². The van der Waals surface area contributed by atoms with Crippen LogP contribution in [0, 0.1) is 12.7 Å². The maximum Gasteiger partial charge on any atom is 0.123 e. The molecule has 1 aliphatic rings. The fourth-order valence-electron chi connectivity index (χ4n) is 2.37. The van der Waals surface area contributed by atoms with E-state index in [1.54, 1.807) is 6.07 Å². The lowest BCUT2D eigenvalue weighted by Crippen LogP contribution is -2.49. The third-order valence-corrected chi connectivity index (χ3v) is 3.95. The van der Waals surface area contributed by atoms with Crippen molar-refractivity contribution in [1.82, 2.24) is 5.32 Å². The molecule has 0 amide bonds. The molecule has 0 radical (unpaired) electrons. The Morgan fingerprint density at radius 2 is 2.12 bits per heavy atom. The summed E-state index contributed by atoms with van der Waals surface area (Å²) in [5.41, 5.74) is 2.58. The summed E-state index contributed by atoms with van der Waals surface area (Å²) in [7, 11) is 0. The topological polar surface area (TPSA) is 12.0 Å².